The Morgan fingerprint density at radius 1 is 1.18 bits per heavy atom. The maximum Gasteiger partial charge on any atom is 0.389 e. The SMILES string of the molecule is CCOC(OCC)C(CCCC(F)(F)F)NN. The van der Waals surface area contributed by atoms with Crippen LogP contribution in [0.5, 0.6) is 0 Å². The largest absolute Gasteiger partial charge is 0.389 e. The van der Waals surface area contributed by atoms with E-state index >= 15 is 0 Å². The van der Waals surface area contributed by atoms with Crippen LogP contribution in [0.25, 0.3) is 0 Å². The number of nitrogens with two attached hydrogens (primary N) is 1. The van der Waals surface area contributed by atoms with Gasteiger partial charge in [-0.15, -0.1) is 0 Å². The van der Waals surface area contributed by atoms with Crippen molar-refractivity contribution in [2.45, 2.75) is 51.6 Å². The summed E-state index contributed by atoms with van der Waals surface area (Å²) in [7, 11) is 0. The monoisotopic (exact) mass is 258 g/mol. The number of nitrogens with one attached hydrogen (secondary N) is 1. The van der Waals surface area contributed by atoms with Crippen LogP contribution in [0, 0.1) is 0 Å². The lowest BCUT2D eigenvalue weighted by Gasteiger charge is -2.26. The molecule has 0 saturated heterocycles. The highest BCUT2D eigenvalue weighted by Crippen LogP contribution is 2.23. The lowest BCUT2D eigenvalue weighted by molar-refractivity contribution is -0.159. The number of ether oxygens (including phenoxy) is 2. The molecule has 0 aromatic rings. The Morgan fingerprint density at radius 3 is 2.06 bits per heavy atom. The summed E-state index contributed by atoms with van der Waals surface area (Å²) < 4.78 is 46.5. The van der Waals surface area contributed by atoms with Crippen molar-refractivity contribution in [3.05, 3.63) is 0 Å². The van der Waals surface area contributed by atoms with Crippen LogP contribution in [0.15, 0.2) is 0 Å². The first kappa shape index (κ1) is 16.6. The predicted molar refractivity (Wildman–Crippen MR) is 58.1 cm³/mol. The second kappa shape index (κ2) is 8.68. The van der Waals surface area contributed by atoms with Gasteiger partial charge in [-0.1, -0.05) is 0 Å². The Balaban J connectivity index is 4.08. The highest BCUT2D eigenvalue weighted by molar-refractivity contribution is 4.69. The summed E-state index contributed by atoms with van der Waals surface area (Å²) in [6, 6.07) is -0.433. The van der Waals surface area contributed by atoms with Gasteiger partial charge in [-0.3, -0.25) is 11.3 Å². The number of rotatable bonds is 9. The zero-order valence-electron chi connectivity index (χ0n) is 10.2. The first-order valence-electron chi connectivity index (χ1n) is 5.70. The quantitative estimate of drug-likeness (QED) is 0.377. The second-order valence-electron chi connectivity index (χ2n) is 3.56. The van der Waals surface area contributed by atoms with Gasteiger partial charge in [0.05, 0.1) is 6.04 Å². The average molecular weight is 258 g/mol. The van der Waals surface area contributed by atoms with Crippen molar-refractivity contribution >= 4 is 0 Å². The van der Waals surface area contributed by atoms with E-state index in [1.165, 1.54) is 0 Å². The van der Waals surface area contributed by atoms with Gasteiger partial charge in [-0.25, -0.2) is 0 Å². The number of hydrazine groups is 1. The fraction of sp³-hybridized carbons (Fsp3) is 1.00. The summed E-state index contributed by atoms with van der Waals surface area (Å²) in [6.07, 6.45) is -5.32. The highest BCUT2D eigenvalue weighted by atomic mass is 19.4. The number of hydrogen-bond acceptors (Lipinski definition) is 4. The van der Waals surface area contributed by atoms with Gasteiger partial charge >= 0.3 is 6.18 Å². The van der Waals surface area contributed by atoms with E-state index in [0.717, 1.165) is 0 Å². The molecule has 0 bridgehead atoms. The van der Waals surface area contributed by atoms with Crippen LogP contribution in [0.3, 0.4) is 0 Å². The minimum atomic E-state index is -4.13. The molecule has 0 aromatic carbocycles. The number of halogens is 3. The minimum absolute atomic E-state index is 0.00495. The maximum absolute atomic E-state index is 12.0. The lowest BCUT2D eigenvalue weighted by atomic mass is 10.1. The molecular weight excluding hydrogens is 237 g/mol. The standard InChI is InChI=1S/C10H21F3N2O2/c1-3-16-9(17-4-2)8(15-14)6-5-7-10(11,12)13/h8-9,15H,3-7,14H2,1-2H3. The third-order valence-corrected chi connectivity index (χ3v) is 2.18. The van der Waals surface area contributed by atoms with Crippen molar-refractivity contribution in [3.8, 4) is 0 Å². The Kier molecular flexibility index (Phi) is 8.49. The van der Waals surface area contributed by atoms with Crippen LogP contribution < -0.4 is 11.3 Å². The molecule has 104 valence electrons. The highest BCUT2D eigenvalue weighted by Gasteiger charge is 2.28. The van der Waals surface area contributed by atoms with Crippen molar-refractivity contribution in [2.75, 3.05) is 13.2 Å². The van der Waals surface area contributed by atoms with E-state index in [-0.39, 0.29) is 12.8 Å². The van der Waals surface area contributed by atoms with E-state index in [1.807, 2.05) is 0 Å². The molecule has 0 radical (unpaired) electrons. The van der Waals surface area contributed by atoms with Gasteiger partial charge in [-0.05, 0) is 26.7 Å². The smallest absolute Gasteiger partial charge is 0.351 e. The Hall–Kier alpha value is -0.370. The van der Waals surface area contributed by atoms with Gasteiger partial charge in [-0.2, -0.15) is 13.2 Å². The van der Waals surface area contributed by atoms with Crippen LogP contribution in [-0.2, 0) is 9.47 Å². The second-order valence-corrected chi connectivity index (χ2v) is 3.56. The molecule has 0 amide bonds. The summed E-state index contributed by atoms with van der Waals surface area (Å²) in [5.41, 5.74) is 2.44. The van der Waals surface area contributed by atoms with Crippen molar-refractivity contribution < 1.29 is 22.6 Å². The van der Waals surface area contributed by atoms with Gasteiger partial charge in [0.2, 0.25) is 0 Å². The van der Waals surface area contributed by atoms with E-state index in [9.17, 15) is 13.2 Å². The van der Waals surface area contributed by atoms with E-state index in [1.54, 1.807) is 13.8 Å². The molecule has 0 heterocycles. The van der Waals surface area contributed by atoms with Crippen LogP contribution in [0.4, 0.5) is 13.2 Å². The summed E-state index contributed by atoms with van der Waals surface area (Å²) in [6.45, 7) is 4.41. The summed E-state index contributed by atoms with van der Waals surface area (Å²) in [4.78, 5) is 0. The minimum Gasteiger partial charge on any atom is -0.351 e. The average Bonchev–Trinajstić information content (AvgIpc) is 2.23. The Morgan fingerprint density at radius 2 is 1.71 bits per heavy atom. The van der Waals surface area contributed by atoms with Crippen LogP contribution in [-0.4, -0.2) is 31.7 Å². The molecule has 0 aromatic heterocycles. The molecule has 7 heteroatoms. The molecule has 0 fully saturated rings. The molecule has 4 nitrogen and oxygen atoms in total. The molecule has 1 atom stereocenters. The third-order valence-electron chi connectivity index (χ3n) is 2.18. The van der Waals surface area contributed by atoms with Crippen molar-refractivity contribution in [1.82, 2.24) is 5.43 Å². The molecule has 0 aliphatic rings. The van der Waals surface area contributed by atoms with Crippen LogP contribution in [0.2, 0.25) is 0 Å². The van der Waals surface area contributed by atoms with E-state index in [4.69, 9.17) is 15.3 Å². The van der Waals surface area contributed by atoms with Gasteiger partial charge in [0.1, 0.15) is 0 Å². The zero-order valence-corrected chi connectivity index (χ0v) is 10.2. The van der Waals surface area contributed by atoms with Gasteiger partial charge < -0.3 is 9.47 Å². The summed E-state index contributed by atoms with van der Waals surface area (Å²) >= 11 is 0. The fourth-order valence-electron chi connectivity index (χ4n) is 1.43. The predicted octanol–water partition coefficient (Wildman–Crippen LogP) is 1.95. The normalized spacial score (nSPS) is 14.3. The van der Waals surface area contributed by atoms with Crippen molar-refractivity contribution in [3.63, 3.8) is 0 Å². The molecule has 0 aliphatic carbocycles. The zero-order chi connectivity index (χ0) is 13.3. The Labute approximate surface area is 99.6 Å². The molecule has 0 aliphatic heterocycles. The van der Waals surface area contributed by atoms with Gasteiger partial charge in [0, 0.05) is 19.6 Å². The van der Waals surface area contributed by atoms with Crippen molar-refractivity contribution in [2.24, 2.45) is 5.84 Å². The van der Waals surface area contributed by atoms with E-state index in [2.05, 4.69) is 5.43 Å². The molecule has 0 rings (SSSR count). The van der Waals surface area contributed by atoms with E-state index < -0.39 is 24.9 Å². The molecule has 1 unspecified atom stereocenters. The lowest BCUT2D eigenvalue weighted by Crippen LogP contribution is -2.46. The molecular formula is C10H21F3N2O2. The van der Waals surface area contributed by atoms with Crippen LogP contribution >= 0.6 is 0 Å². The van der Waals surface area contributed by atoms with Gasteiger partial charge in [0.15, 0.2) is 6.29 Å². The van der Waals surface area contributed by atoms with Crippen LogP contribution in [0.1, 0.15) is 33.1 Å². The summed E-state index contributed by atoms with van der Waals surface area (Å²) in [5, 5.41) is 0. The first-order valence-corrected chi connectivity index (χ1v) is 5.70. The molecule has 0 saturated carbocycles. The molecule has 17 heavy (non-hydrogen) atoms. The third kappa shape index (κ3) is 8.37. The summed E-state index contributed by atoms with van der Waals surface area (Å²) in [5.74, 6) is 5.29. The van der Waals surface area contributed by atoms with Gasteiger partial charge in [0.25, 0.3) is 0 Å². The maximum atomic E-state index is 12.0. The fourth-order valence-corrected chi connectivity index (χ4v) is 1.43. The number of hydrogen-bond donors (Lipinski definition) is 2. The molecule has 3 N–H and O–H groups in total. The van der Waals surface area contributed by atoms with E-state index in [0.29, 0.717) is 13.2 Å². The Bertz CT molecular complexity index is 185. The molecule has 0 spiro atoms. The van der Waals surface area contributed by atoms with Crippen molar-refractivity contribution in [1.29, 1.82) is 0 Å². The topological polar surface area (TPSA) is 56.5 Å². The first-order chi connectivity index (χ1) is 7.94. The number of alkyl halides is 3.